The van der Waals surface area contributed by atoms with E-state index < -0.39 is 0 Å². The summed E-state index contributed by atoms with van der Waals surface area (Å²) in [7, 11) is 1.85. The standard InChI is InChI=1S/C16H12BrF2NS/c1-20-16(10-3-5-13(19)12(17)6-10)15-7-9-2-4-11(18)8-14(9)21-15/h2-8,16,20H,1H3. The minimum atomic E-state index is -0.285. The SMILES string of the molecule is CNC(c1ccc(F)c(Br)c1)c1cc2ccc(F)cc2s1. The fourth-order valence-corrected chi connectivity index (χ4v) is 3.96. The molecule has 0 spiro atoms. The molecule has 2 aromatic carbocycles. The lowest BCUT2D eigenvalue weighted by Gasteiger charge is -2.15. The van der Waals surface area contributed by atoms with Crippen LogP contribution in [-0.2, 0) is 0 Å². The van der Waals surface area contributed by atoms with Gasteiger partial charge in [0.05, 0.1) is 10.5 Å². The molecule has 1 N–H and O–H groups in total. The third-order valence-electron chi connectivity index (χ3n) is 3.35. The lowest BCUT2D eigenvalue weighted by atomic mass is 10.1. The largest absolute Gasteiger partial charge is 0.309 e. The number of halogens is 3. The van der Waals surface area contributed by atoms with Crippen molar-refractivity contribution in [2.75, 3.05) is 7.05 Å². The van der Waals surface area contributed by atoms with Crippen LogP contribution in [0.4, 0.5) is 8.78 Å². The molecule has 5 heteroatoms. The van der Waals surface area contributed by atoms with Gasteiger partial charge in [-0.2, -0.15) is 0 Å². The highest BCUT2D eigenvalue weighted by Crippen LogP contribution is 2.34. The zero-order chi connectivity index (χ0) is 15.0. The molecule has 0 fully saturated rings. The Hall–Kier alpha value is -1.30. The summed E-state index contributed by atoms with van der Waals surface area (Å²) in [5.41, 5.74) is 0.956. The van der Waals surface area contributed by atoms with Crippen LogP contribution in [0.3, 0.4) is 0 Å². The van der Waals surface area contributed by atoms with Gasteiger partial charge in [0, 0.05) is 9.58 Å². The maximum Gasteiger partial charge on any atom is 0.137 e. The first-order chi connectivity index (χ1) is 10.1. The van der Waals surface area contributed by atoms with E-state index in [1.807, 2.05) is 13.1 Å². The molecule has 0 radical (unpaired) electrons. The van der Waals surface area contributed by atoms with E-state index in [-0.39, 0.29) is 17.7 Å². The molecule has 0 amide bonds. The van der Waals surface area contributed by atoms with Gasteiger partial charge in [-0.15, -0.1) is 11.3 Å². The zero-order valence-electron chi connectivity index (χ0n) is 11.2. The van der Waals surface area contributed by atoms with Crippen LogP contribution >= 0.6 is 27.3 Å². The van der Waals surface area contributed by atoms with Crippen LogP contribution in [-0.4, -0.2) is 7.05 Å². The highest BCUT2D eigenvalue weighted by molar-refractivity contribution is 9.10. The average molecular weight is 368 g/mol. The van der Waals surface area contributed by atoms with Crippen molar-refractivity contribution < 1.29 is 8.78 Å². The average Bonchev–Trinajstić information content (AvgIpc) is 2.86. The van der Waals surface area contributed by atoms with Crippen LogP contribution in [0.1, 0.15) is 16.5 Å². The minimum absolute atomic E-state index is 0.0534. The van der Waals surface area contributed by atoms with E-state index in [0.717, 1.165) is 20.5 Å². The van der Waals surface area contributed by atoms with Gasteiger partial charge in [-0.05, 0) is 64.3 Å². The third-order valence-corrected chi connectivity index (χ3v) is 5.12. The summed E-state index contributed by atoms with van der Waals surface area (Å²) in [6.45, 7) is 0. The molecule has 3 aromatic rings. The fourth-order valence-electron chi connectivity index (χ4n) is 2.33. The summed E-state index contributed by atoms with van der Waals surface area (Å²) in [6, 6.07) is 11.7. The van der Waals surface area contributed by atoms with Gasteiger partial charge in [0.25, 0.3) is 0 Å². The highest BCUT2D eigenvalue weighted by atomic mass is 79.9. The Labute approximate surface area is 133 Å². The Kier molecular flexibility index (Phi) is 4.06. The van der Waals surface area contributed by atoms with Crippen molar-refractivity contribution in [2.45, 2.75) is 6.04 Å². The maximum atomic E-state index is 13.4. The summed E-state index contributed by atoms with van der Waals surface area (Å²) in [5, 5.41) is 4.24. The second-order valence-corrected chi connectivity index (χ2v) is 6.70. The molecule has 1 unspecified atom stereocenters. The van der Waals surface area contributed by atoms with E-state index in [0.29, 0.717) is 4.47 Å². The first kappa shape index (κ1) is 14.6. The smallest absolute Gasteiger partial charge is 0.137 e. The molecule has 0 aliphatic carbocycles. The van der Waals surface area contributed by atoms with E-state index in [1.54, 1.807) is 18.2 Å². The van der Waals surface area contributed by atoms with Crippen molar-refractivity contribution >= 4 is 37.4 Å². The molecule has 0 aliphatic heterocycles. The summed E-state index contributed by atoms with van der Waals surface area (Å²) >= 11 is 4.75. The van der Waals surface area contributed by atoms with E-state index in [2.05, 4.69) is 21.2 Å². The van der Waals surface area contributed by atoms with Gasteiger partial charge in [-0.1, -0.05) is 12.1 Å². The number of hydrogen-bond acceptors (Lipinski definition) is 2. The van der Waals surface area contributed by atoms with E-state index in [1.165, 1.54) is 29.5 Å². The van der Waals surface area contributed by atoms with Crippen LogP contribution in [0.25, 0.3) is 10.1 Å². The second kappa shape index (κ2) is 5.83. The van der Waals surface area contributed by atoms with Gasteiger partial charge < -0.3 is 5.32 Å². The molecule has 21 heavy (non-hydrogen) atoms. The first-order valence-corrected chi connectivity index (χ1v) is 8.00. The zero-order valence-corrected chi connectivity index (χ0v) is 13.6. The molecule has 0 aliphatic rings. The van der Waals surface area contributed by atoms with Crippen LogP contribution in [0, 0.1) is 11.6 Å². The summed E-state index contributed by atoms with van der Waals surface area (Å²) < 4.78 is 28.0. The Morgan fingerprint density at radius 1 is 1.10 bits per heavy atom. The number of rotatable bonds is 3. The monoisotopic (exact) mass is 367 g/mol. The van der Waals surface area contributed by atoms with Crippen molar-refractivity contribution in [1.29, 1.82) is 0 Å². The molecule has 108 valence electrons. The van der Waals surface area contributed by atoms with Crippen molar-refractivity contribution in [3.05, 3.63) is 69.0 Å². The van der Waals surface area contributed by atoms with Crippen molar-refractivity contribution in [3.63, 3.8) is 0 Å². The topological polar surface area (TPSA) is 12.0 Å². The number of fused-ring (bicyclic) bond motifs is 1. The predicted molar refractivity (Wildman–Crippen MR) is 86.8 cm³/mol. The summed E-state index contributed by atoms with van der Waals surface area (Å²) in [5.74, 6) is -0.520. The lowest BCUT2D eigenvalue weighted by molar-refractivity contribution is 0.617. The molecule has 1 aromatic heterocycles. The number of hydrogen-bond donors (Lipinski definition) is 1. The Morgan fingerprint density at radius 2 is 1.90 bits per heavy atom. The fraction of sp³-hybridized carbons (Fsp3) is 0.125. The Morgan fingerprint density at radius 3 is 2.62 bits per heavy atom. The van der Waals surface area contributed by atoms with Gasteiger partial charge in [0.2, 0.25) is 0 Å². The summed E-state index contributed by atoms with van der Waals surface area (Å²) in [4.78, 5) is 1.07. The molecule has 1 heterocycles. The van der Waals surface area contributed by atoms with Crippen molar-refractivity contribution in [3.8, 4) is 0 Å². The third kappa shape index (κ3) is 2.86. The van der Waals surface area contributed by atoms with E-state index in [4.69, 9.17) is 0 Å². The maximum absolute atomic E-state index is 13.4. The van der Waals surface area contributed by atoms with Gasteiger partial charge in [0.15, 0.2) is 0 Å². The van der Waals surface area contributed by atoms with Gasteiger partial charge >= 0.3 is 0 Å². The van der Waals surface area contributed by atoms with Crippen molar-refractivity contribution in [1.82, 2.24) is 5.32 Å². The normalized spacial score (nSPS) is 12.8. The first-order valence-electron chi connectivity index (χ1n) is 6.39. The van der Waals surface area contributed by atoms with Gasteiger partial charge in [0.1, 0.15) is 11.6 Å². The molecular formula is C16H12BrF2NS. The van der Waals surface area contributed by atoms with Crippen LogP contribution < -0.4 is 5.32 Å². The van der Waals surface area contributed by atoms with Gasteiger partial charge in [-0.25, -0.2) is 8.78 Å². The van der Waals surface area contributed by atoms with Crippen LogP contribution in [0.2, 0.25) is 0 Å². The molecule has 0 bridgehead atoms. The summed E-state index contributed by atoms with van der Waals surface area (Å²) in [6.07, 6.45) is 0. The Balaban J connectivity index is 2.06. The van der Waals surface area contributed by atoms with Crippen molar-refractivity contribution in [2.24, 2.45) is 0 Å². The highest BCUT2D eigenvalue weighted by Gasteiger charge is 2.16. The van der Waals surface area contributed by atoms with Crippen LogP contribution in [0.15, 0.2) is 46.9 Å². The molecule has 1 nitrogen and oxygen atoms in total. The second-order valence-electron chi connectivity index (χ2n) is 4.73. The number of thiophene rings is 1. The Bertz CT molecular complexity index is 800. The molecule has 0 saturated heterocycles. The quantitative estimate of drug-likeness (QED) is 0.666. The lowest BCUT2D eigenvalue weighted by Crippen LogP contribution is -2.16. The van der Waals surface area contributed by atoms with Crippen LogP contribution in [0.5, 0.6) is 0 Å². The van der Waals surface area contributed by atoms with Gasteiger partial charge in [-0.3, -0.25) is 0 Å². The molecular weight excluding hydrogens is 356 g/mol. The minimum Gasteiger partial charge on any atom is -0.309 e. The molecule has 3 rings (SSSR count). The number of nitrogens with one attached hydrogen (secondary N) is 1. The van der Waals surface area contributed by atoms with E-state index in [9.17, 15) is 8.78 Å². The van der Waals surface area contributed by atoms with E-state index >= 15 is 0 Å². The molecule has 1 atom stereocenters. The predicted octanol–water partition coefficient (Wildman–Crippen LogP) is 5.25. The number of benzene rings is 2. The molecule has 0 saturated carbocycles.